The van der Waals surface area contributed by atoms with Crippen LogP contribution in [0.25, 0.3) is 132 Å². The van der Waals surface area contributed by atoms with Crippen molar-refractivity contribution in [1.29, 1.82) is 0 Å². The Balaban J connectivity index is 0.881. The van der Waals surface area contributed by atoms with Crippen LogP contribution in [0.1, 0.15) is 0 Å². The van der Waals surface area contributed by atoms with Gasteiger partial charge < -0.3 is 9.13 Å². The van der Waals surface area contributed by atoms with Crippen molar-refractivity contribution in [2.75, 3.05) is 0 Å². The standard InChI is InChI=1S/C60H36N2/c1-2-14-46(15-3-1)61-58-28-25-43(34-53(58)54-32-37-11-4-5-12-38(37)36-59(54)61)42-24-27-57-52(33-42)50-18-8-9-20-56(50)62(57)47-26-23-39-29-40(21-22-41(39)31-47)45-30-44-13-10-19-51-48-16-6-7-17-49(48)55(35-45)60(44)51/h1-36H. The van der Waals surface area contributed by atoms with Crippen molar-refractivity contribution >= 4 is 75.9 Å². The molecule has 0 N–H and O–H groups in total. The zero-order valence-electron chi connectivity index (χ0n) is 33.7. The first-order valence-electron chi connectivity index (χ1n) is 21.5. The van der Waals surface area contributed by atoms with Crippen LogP contribution >= 0.6 is 0 Å². The van der Waals surface area contributed by atoms with Crippen LogP contribution in [-0.2, 0) is 0 Å². The van der Waals surface area contributed by atoms with E-state index in [1.165, 1.54) is 126 Å². The first-order valence-corrected chi connectivity index (χ1v) is 21.5. The van der Waals surface area contributed by atoms with Crippen LogP contribution < -0.4 is 0 Å². The molecule has 14 rings (SSSR count). The lowest BCUT2D eigenvalue weighted by atomic mass is 9.95. The molecule has 0 saturated heterocycles. The highest BCUT2D eigenvalue weighted by Crippen LogP contribution is 2.49. The van der Waals surface area contributed by atoms with Gasteiger partial charge in [0, 0.05) is 32.9 Å². The summed E-state index contributed by atoms with van der Waals surface area (Å²) < 4.78 is 4.85. The molecule has 1 aliphatic carbocycles. The maximum Gasteiger partial charge on any atom is 0.0547 e. The summed E-state index contributed by atoms with van der Waals surface area (Å²) in [5.74, 6) is 0. The SMILES string of the molecule is c1ccc(-n2c3ccc(-c4ccc5c(c4)c4ccccc4n5-c4ccc5cc(-c6cc7c8c(cccc8c6)-c6ccccc6-7)ccc5c4)cc3c3cc4ccccc4cc32)cc1. The van der Waals surface area contributed by atoms with E-state index in [0.717, 1.165) is 5.69 Å². The Morgan fingerprint density at radius 3 is 1.58 bits per heavy atom. The van der Waals surface area contributed by atoms with Gasteiger partial charge in [0.25, 0.3) is 0 Å². The molecule has 0 amide bonds. The van der Waals surface area contributed by atoms with Crippen molar-refractivity contribution < 1.29 is 0 Å². The van der Waals surface area contributed by atoms with Gasteiger partial charge in [-0.15, -0.1) is 0 Å². The van der Waals surface area contributed by atoms with Crippen LogP contribution in [0.2, 0.25) is 0 Å². The first kappa shape index (κ1) is 33.6. The van der Waals surface area contributed by atoms with Crippen LogP contribution in [0.15, 0.2) is 218 Å². The van der Waals surface area contributed by atoms with Crippen molar-refractivity contribution in [2.45, 2.75) is 0 Å². The number of para-hydroxylation sites is 2. The molecular formula is C60H36N2. The first-order chi connectivity index (χ1) is 30.7. The monoisotopic (exact) mass is 784 g/mol. The quantitative estimate of drug-likeness (QED) is 0.168. The van der Waals surface area contributed by atoms with Crippen LogP contribution in [0.3, 0.4) is 0 Å². The maximum absolute atomic E-state index is 2.43. The fourth-order valence-corrected chi connectivity index (χ4v) is 10.7. The van der Waals surface area contributed by atoms with Crippen LogP contribution in [0, 0.1) is 0 Å². The van der Waals surface area contributed by atoms with Crippen molar-refractivity contribution in [3.05, 3.63) is 218 Å². The summed E-state index contributed by atoms with van der Waals surface area (Å²) in [5, 5.41) is 12.6. The van der Waals surface area contributed by atoms with E-state index in [9.17, 15) is 0 Å². The van der Waals surface area contributed by atoms with Crippen molar-refractivity contribution in [2.24, 2.45) is 0 Å². The maximum atomic E-state index is 2.43. The highest BCUT2D eigenvalue weighted by Gasteiger charge is 2.22. The van der Waals surface area contributed by atoms with Crippen LogP contribution in [0.4, 0.5) is 0 Å². The van der Waals surface area contributed by atoms with E-state index in [1.54, 1.807) is 0 Å². The fraction of sp³-hybridized carbons (Fsp3) is 0. The summed E-state index contributed by atoms with van der Waals surface area (Å²) >= 11 is 0. The minimum atomic E-state index is 1.16. The summed E-state index contributed by atoms with van der Waals surface area (Å²) in [5.41, 5.74) is 17.4. The van der Waals surface area contributed by atoms with Gasteiger partial charge in [0.05, 0.1) is 22.1 Å². The second kappa shape index (κ2) is 12.7. The van der Waals surface area contributed by atoms with E-state index in [1.807, 2.05) is 0 Å². The number of nitrogens with zero attached hydrogens (tertiary/aromatic N) is 2. The molecule has 0 aliphatic heterocycles. The molecule has 286 valence electrons. The molecule has 13 aromatic rings. The number of rotatable bonds is 4. The minimum Gasteiger partial charge on any atom is -0.309 e. The topological polar surface area (TPSA) is 9.86 Å². The number of fused-ring (bicyclic) bond motifs is 11. The number of hydrogen-bond acceptors (Lipinski definition) is 0. The van der Waals surface area contributed by atoms with E-state index in [4.69, 9.17) is 0 Å². The normalized spacial score (nSPS) is 12.2. The van der Waals surface area contributed by atoms with E-state index < -0.39 is 0 Å². The van der Waals surface area contributed by atoms with Crippen molar-refractivity contribution in [3.63, 3.8) is 0 Å². The lowest BCUT2D eigenvalue weighted by Crippen LogP contribution is -1.94. The Hall–Kier alpha value is -8.20. The lowest BCUT2D eigenvalue weighted by Gasteiger charge is -2.12. The minimum absolute atomic E-state index is 1.16. The van der Waals surface area contributed by atoms with Gasteiger partial charge in [0.15, 0.2) is 0 Å². The summed E-state index contributed by atoms with van der Waals surface area (Å²) in [6.07, 6.45) is 0. The highest BCUT2D eigenvalue weighted by molar-refractivity contribution is 6.17. The van der Waals surface area contributed by atoms with Gasteiger partial charge in [0.2, 0.25) is 0 Å². The van der Waals surface area contributed by atoms with Gasteiger partial charge in [-0.2, -0.15) is 0 Å². The molecule has 0 atom stereocenters. The number of aromatic nitrogens is 2. The van der Waals surface area contributed by atoms with Crippen molar-refractivity contribution in [3.8, 4) is 55.9 Å². The predicted octanol–water partition coefficient (Wildman–Crippen LogP) is 16.3. The van der Waals surface area contributed by atoms with Crippen LogP contribution in [0.5, 0.6) is 0 Å². The van der Waals surface area contributed by atoms with E-state index >= 15 is 0 Å². The van der Waals surface area contributed by atoms with E-state index in [2.05, 4.69) is 228 Å². The average molecular weight is 785 g/mol. The van der Waals surface area contributed by atoms with Crippen molar-refractivity contribution in [1.82, 2.24) is 9.13 Å². The molecule has 0 radical (unpaired) electrons. The van der Waals surface area contributed by atoms with Gasteiger partial charge in [-0.1, -0.05) is 133 Å². The zero-order chi connectivity index (χ0) is 40.5. The zero-order valence-corrected chi connectivity index (χ0v) is 33.7. The smallest absolute Gasteiger partial charge is 0.0547 e. The Labute approximate surface area is 357 Å². The largest absolute Gasteiger partial charge is 0.309 e. The molecule has 11 aromatic carbocycles. The summed E-state index contributed by atoms with van der Waals surface area (Å²) in [6.45, 7) is 0. The summed E-state index contributed by atoms with van der Waals surface area (Å²) in [4.78, 5) is 0. The van der Waals surface area contributed by atoms with E-state index in [0.29, 0.717) is 0 Å². The summed E-state index contributed by atoms with van der Waals surface area (Å²) in [6, 6.07) is 81.1. The third kappa shape index (κ3) is 4.80. The Bertz CT molecular complexity index is 4030. The Kier molecular flexibility index (Phi) is 6.86. The van der Waals surface area contributed by atoms with Gasteiger partial charge >= 0.3 is 0 Å². The van der Waals surface area contributed by atoms with Gasteiger partial charge in [-0.25, -0.2) is 0 Å². The Morgan fingerprint density at radius 1 is 0.226 bits per heavy atom. The number of benzene rings is 11. The lowest BCUT2D eigenvalue weighted by molar-refractivity contribution is 1.18. The fourth-order valence-electron chi connectivity index (χ4n) is 10.7. The molecule has 62 heavy (non-hydrogen) atoms. The third-order valence-electron chi connectivity index (χ3n) is 13.6. The van der Waals surface area contributed by atoms with E-state index in [-0.39, 0.29) is 0 Å². The average Bonchev–Trinajstić information content (AvgIpc) is 3.96. The second-order valence-electron chi connectivity index (χ2n) is 16.9. The molecule has 2 aromatic heterocycles. The van der Waals surface area contributed by atoms with Gasteiger partial charge in [-0.05, 0) is 162 Å². The molecule has 0 unspecified atom stereocenters. The molecule has 1 aliphatic rings. The van der Waals surface area contributed by atoms with Gasteiger partial charge in [0.1, 0.15) is 0 Å². The third-order valence-corrected chi connectivity index (χ3v) is 13.6. The van der Waals surface area contributed by atoms with Crippen LogP contribution in [-0.4, -0.2) is 9.13 Å². The Morgan fingerprint density at radius 2 is 0.758 bits per heavy atom. The molecule has 0 fully saturated rings. The van der Waals surface area contributed by atoms with Gasteiger partial charge in [-0.3, -0.25) is 0 Å². The summed E-state index contributed by atoms with van der Waals surface area (Å²) in [7, 11) is 0. The number of hydrogen-bond donors (Lipinski definition) is 0. The molecule has 2 nitrogen and oxygen atoms in total. The molecule has 2 heteroatoms. The molecule has 2 heterocycles. The molecular weight excluding hydrogens is 749 g/mol. The molecule has 0 saturated carbocycles. The highest BCUT2D eigenvalue weighted by atomic mass is 15.0. The second-order valence-corrected chi connectivity index (χ2v) is 16.9. The molecule has 0 spiro atoms. The predicted molar refractivity (Wildman–Crippen MR) is 263 cm³/mol. The molecule has 0 bridgehead atoms.